The predicted molar refractivity (Wildman–Crippen MR) is 103 cm³/mol. The lowest BCUT2D eigenvalue weighted by atomic mass is 10.2. The van der Waals surface area contributed by atoms with Crippen LogP contribution in [0.5, 0.6) is 5.75 Å². The largest absolute Gasteiger partial charge is 0.485 e. The number of ether oxygens (including phenoxy) is 1. The standard InChI is InChI=1S/C20H20N2O4S/c1-15-7-11-19(12-8-15)27(23,24)22-21-13-17-9-10-18(26-17)14-25-20-6-4-3-5-16(20)2/h3-13,22H,14H2,1-2H3. The van der Waals surface area contributed by atoms with E-state index in [0.29, 0.717) is 11.5 Å². The normalized spacial score (nSPS) is 11.6. The van der Waals surface area contributed by atoms with Gasteiger partial charge in [-0.3, -0.25) is 0 Å². The number of furan rings is 1. The first-order valence-corrected chi connectivity index (χ1v) is 9.81. The molecule has 2 aromatic carbocycles. The fourth-order valence-electron chi connectivity index (χ4n) is 2.34. The van der Waals surface area contributed by atoms with Gasteiger partial charge in [-0.2, -0.15) is 18.4 Å². The van der Waals surface area contributed by atoms with E-state index in [-0.39, 0.29) is 11.5 Å². The van der Waals surface area contributed by atoms with Gasteiger partial charge in [0.1, 0.15) is 23.9 Å². The van der Waals surface area contributed by atoms with Crippen LogP contribution < -0.4 is 9.57 Å². The molecule has 0 amide bonds. The number of nitrogens with zero attached hydrogens (tertiary/aromatic N) is 1. The molecule has 1 heterocycles. The van der Waals surface area contributed by atoms with E-state index in [1.54, 1.807) is 24.3 Å². The topological polar surface area (TPSA) is 80.9 Å². The molecule has 3 rings (SSSR count). The Hall–Kier alpha value is -3.06. The number of nitrogens with one attached hydrogen (secondary N) is 1. The van der Waals surface area contributed by atoms with Crippen molar-refractivity contribution >= 4 is 16.2 Å². The van der Waals surface area contributed by atoms with E-state index in [1.807, 2.05) is 38.1 Å². The van der Waals surface area contributed by atoms with Crippen LogP contribution in [0, 0.1) is 13.8 Å². The third-order valence-electron chi connectivity index (χ3n) is 3.84. The number of rotatable bonds is 7. The first kappa shape index (κ1) is 18.7. The maximum atomic E-state index is 12.2. The smallest absolute Gasteiger partial charge is 0.276 e. The van der Waals surface area contributed by atoms with E-state index in [1.165, 1.54) is 18.3 Å². The molecule has 0 spiro atoms. The van der Waals surface area contributed by atoms with Gasteiger partial charge in [0.2, 0.25) is 0 Å². The molecule has 6 nitrogen and oxygen atoms in total. The molecule has 140 valence electrons. The van der Waals surface area contributed by atoms with Crippen LogP contribution in [0.15, 0.2) is 75.1 Å². The van der Waals surface area contributed by atoms with Crippen LogP contribution in [0.2, 0.25) is 0 Å². The predicted octanol–water partition coefficient (Wildman–Crippen LogP) is 3.79. The summed E-state index contributed by atoms with van der Waals surface area (Å²) >= 11 is 0. The number of benzene rings is 2. The average Bonchev–Trinajstić information content (AvgIpc) is 3.09. The minimum Gasteiger partial charge on any atom is -0.485 e. The third kappa shape index (κ3) is 4.98. The summed E-state index contributed by atoms with van der Waals surface area (Å²) in [6.07, 6.45) is 1.31. The highest BCUT2D eigenvalue weighted by Crippen LogP contribution is 2.18. The lowest BCUT2D eigenvalue weighted by molar-refractivity contribution is 0.268. The van der Waals surface area contributed by atoms with Gasteiger partial charge in [0.15, 0.2) is 0 Å². The number of hydrogen-bond donors (Lipinski definition) is 1. The molecule has 1 aromatic heterocycles. The lowest BCUT2D eigenvalue weighted by Crippen LogP contribution is -2.18. The molecule has 27 heavy (non-hydrogen) atoms. The molecule has 0 bridgehead atoms. The van der Waals surface area contributed by atoms with E-state index in [9.17, 15) is 8.42 Å². The number of para-hydroxylation sites is 1. The maximum Gasteiger partial charge on any atom is 0.276 e. The highest BCUT2D eigenvalue weighted by molar-refractivity contribution is 7.89. The Bertz CT molecular complexity index is 1040. The van der Waals surface area contributed by atoms with Gasteiger partial charge in [-0.1, -0.05) is 35.9 Å². The zero-order valence-electron chi connectivity index (χ0n) is 15.0. The Labute approximate surface area is 158 Å². The molecule has 0 radical (unpaired) electrons. The van der Waals surface area contributed by atoms with E-state index < -0.39 is 10.0 Å². The van der Waals surface area contributed by atoms with Crippen LogP contribution in [0.25, 0.3) is 0 Å². The maximum absolute atomic E-state index is 12.2. The van der Waals surface area contributed by atoms with Gasteiger partial charge in [-0.25, -0.2) is 0 Å². The number of hydrazone groups is 1. The van der Waals surface area contributed by atoms with Crippen molar-refractivity contribution in [1.29, 1.82) is 0 Å². The second-order valence-electron chi connectivity index (χ2n) is 6.02. The van der Waals surface area contributed by atoms with Gasteiger partial charge in [-0.15, -0.1) is 0 Å². The van der Waals surface area contributed by atoms with Crippen molar-refractivity contribution in [2.45, 2.75) is 25.3 Å². The summed E-state index contributed by atoms with van der Waals surface area (Å²) in [5.74, 6) is 1.82. The van der Waals surface area contributed by atoms with E-state index in [4.69, 9.17) is 9.15 Å². The molecule has 0 aliphatic rings. The number of sulfonamides is 1. The minimum atomic E-state index is -3.71. The van der Waals surface area contributed by atoms with Crippen LogP contribution in [-0.4, -0.2) is 14.6 Å². The lowest BCUT2D eigenvalue weighted by Gasteiger charge is -2.06. The van der Waals surface area contributed by atoms with Gasteiger partial charge in [0, 0.05) is 0 Å². The zero-order chi connectivity index (χ0) is 19.3. The van der Waals surface area contributed by atoms with Gasteiger partial charge < -0.3 is 9.15 Å². The molecule has 0 fully saturated rings. The Morgan fingerprint density at radius 3 is 2.52 bits per heavy atom. The summed E-state index contributed by atoms with van der Waals surface area (Å²) in [4.78, 5) is 2.32. The Morgan fingerprint density at radius 1 is 1.04 bits per heavy atom. The van der Waals surface area contributed by atoms with Crippen molar-refractivity contribution in [3.05, 3.63) is 83.3 Å². The van der Waals surface area contributed by atoms with Crippen molar-refractivity contribution in [2.24, 2.45) is 5.10 Å². The average molecular weight is 384 g/mol. The summed E-state index contributed by atoms with van der Waals surface area (Å²) in [5, 5.41) is 3.76. The van der Waals surface area contributed by atoms with Crippen molar-refractivity contribution in [1.82, 2.24) is 4.83 Å². The van der Waals surface area contributed by atoms with Crippen molar-refractivity contribution < 1.29 is 17.6 Å². The van der Waals surface area contributed by atoms with Crippen LogP contribution in [0.3, 0.4) is 0 Å². The Balaban J connectivity index is 1.58. The highest BCUT2D eigenvalue weighted by atomic mass is 32.2. The van der Waals surface area contributed by atoms with Crippen LogP contribution >= 0.6 is 0 Å². The van der Waals surface area contributed by atoms with E-state index in [0.717, 1.165) is 16.9 Å². The van der Waals surface area contributed by atoms with Gasteiger partial charge in [0.05, 0.1) is 11.1 Å². The van der Waals surface area contributed by atoms with Crippen molar-refractivity contribution in [3.63, 3.8) is 0 Å². The summed E-state index contributed by atoms with van der Waals surface area (Å²) in [5.41, 5.74) is 2.02. The SMILES string of the molecule is Cc1ccc(S(=O)(=O)NN=Cc2ccc(COc3ccccc3C)o2)cc1. The molecule has 3 aromatic rings. The second kappa shape index (κ2) is 8.09. The summed E-state index contributed by atoms with van der Waals surface area (Å²) < 4.78 is 35.6. The summed E-state index contributed by atoms with van der Waals surface area (Å²) in [7, 11) is -3.71. The molecule has 7 heteroatoms. The van der Waals surface area contributed by atoms with Crippen LogP contribution in [-0.2, 0) is 16.6 Å². The fraction of sp³-hybridized carbons (Fsp3) is 0.150. The quantitative estimate of drug-likeness (QED) is 0.496. The number of aryl methyl sites for hydroxylation is 2. The highest BCUT2D eigenvalue weighted by Gasteiger charge is 2.12. The van der Waals surface area contributed by atoms with Crippen LogP contribution in [0.4, 0.5) is 0 Å². The molecular formula is C20H20N2O4S. The molecule has 0 unspecified atom stereocenters. The molecule has 0 aliphatic heterocycles. The minimum absolute atomic E-state index is 0.150. The molecule has 0 atom stereocenters. The molecule has 0 aliphatic carbocycles. The molecule has 0 saturated heterocycles. The second-order valence-corrected chi connectivity index (χ2v) is 7.69. The van der Waals surface area contributed by atoms with Crippen molar-refractivity contribution in [3.8, 4) is 5.75 Å². The first-order valence-electron chi connectivity index (χ1n) is 8.33. The zero-order valence-corrected chi connectivity index (χ0v) is 15.9. The van der Waals surface area contributed by atoms with E-state index >= 15 is 0 Å². The third-order valence-corrected chi connectivity index (χ3v) is 5.08. The molecule has 0 saturated carbocycles. The number of hydrogen-bond acceptors (Lipinski definition) is 5. The van der Waals surface area contributed by atoms with E-state index in [2.05, 4.69) is 9.93 Å². The van der Waals surface area contributed by atoms with Gasteiger partial charge in [0.25, 0.3) is 10.0 Å². The monoisotopic (exact) mass is 384 g/mol. The van der Waals surface area contributed by atoms with Gasteiger partial charge in [-0.05, 0) is 49.7 Å². The first-order chi connectivity index (χ1) is 12.9. The Kier molecular flexibility index (Phi) is 5.61. The Morgan fingerprint density at radius 2 is 1.78 bits per heavy atom. The van der Waals surface area contributed by atoms with Crippen molar-refractivity contribution in [2.75, 3.05) is 0 Å². The molecule has 1 N–H and O–H groups in total. The fourth-order valence-corrected chi connectivity index (χ4v) is 3.13. The summed E-state index contributed by atoms with van der Waals surface area (Å²) in [6.45, 7) is 4.13. The van der Waals surface area contributed by atoms with Crippen LogP contribution in [0.1, 0.15) is 22.6 Å². The molecular weight excluding hydrogens is 364 g/mol. The van der Waals surface area contributed by atoms with Gasteiger partial charge >= 0.3 is 0 Å². The summed E-state index contributed by atoms with van der Waals surface area (Å²) in [6, 6.07) is 17.7.